The molecule has 0 bridgehead atoms. The number of halogens is 2. The summed E-state index contributed by atoms with van der Waals surface area (Å²) in [6, 6.07) is 9.87. The Kier molecular flexibility index (Phi) is 8.59. The molecule has 1 aliphatic carbocycles. The molecule has 0 radical (unpaired) electrons. The molecule has 0 unspecified atom stereocenters. The van der Waals surface area contributed by atoms with Gasteiger partial charge in [-0.15, -0.1) is 12.4 Å². The minimum Gasteiger partial charge on any atom is -0.353 e. The molecular weight excluding hydrogens is 431 g/mol. The largest absolute Gasteiger partial charge is 0.353 e. The Hall–Kier alpha value is -2.51. The number of hydrogen-bond acceptors (Lipinski definition) is 4. The second-order valence-electron chi connectivity index (χ2n) is 8.51. The van der Waals surface area contributed by atoms with Crippen molar-refractivity contribution in [3.8, 4) is 11.3 Å². The molecule has 1 saturated heterocycles. The van der Waals surface area contributed by atoms with E-state index < -0.39 is 0 Å². The van der Waals surface area contributed by atoms with Crippen LogP contribution in [0.4, 0.5) is 4.39 Å². The first kappa shape index (κ1) is 24.1. The van der Waals surface area contributed by atoms with E-state index in [1.807, 2.05) is 0 Å². The predicted octanol–water partition coefficient (Wildman–Crippen LogP) is 3.47. The van der Waals surface area contributed by atoms with Crippen molar-refractivity contribution >= 4 is 24.2 Å². The van der Waals surface area contributed by atoms with Crippen molar-refractivity contribution in [3.05, 3.63) is 54.0 Å². The first-order valence-electron chi connectivity index (χ1n) is 11.1. The van der Waals surface area contributed by atoms with Crippen LogP contribution in [-0.4, -0.2) is 42.0 Å². The van der Waals surface area contributed by atoms with E-state index in [0.717, 1.165) is 45.2 Å². The Balaban J connectivity index is 0.00000289. The van der Waals surface area contributed by atoms with Gasteiger partial charge in [0.1, 0.15) is 5.82 Å². The van der Waals surface area contributed by atoms with Gasteiger partial charge < -0.3 is 16.0 Å². The molecule has 1 aliphatic heterocycles. The summed E-state index contributed by atoms with van der Waals surface area (Å²) in [6.45, 7) is 1.89. The number of amides is 2. The van der Waals surface area contributed by atoms with E-state index in [9.17, 15) is 14.0 Å². The second kappa shape index (κ2) is 11.4. The average molecular weight is 461 g/mol. The summed E-state index contributed by atoms with van der Waals surface area (Å²) < 4.78 is 13.4. The Bertz CT molecular complexity index is 918. The lowest BCUT2D eigenvalue weighted by Crippen LogP contribution is -2.47. The number of nitrogens with one attached hydrogen (secondary N) is 3. The zero-order chi connectivity index (χ0) is 21.6. The molecule has 1 aromatic heterocycles. The van der Waals surface area contributed by atoms with Crippen LogP contribution in [0.3, 0.4) is 0 Å². The summed E-state index contributed by atoms with van der Waals surface area (Å²) in [6.07, 6.45) is 6.78. The van der Waals surface area contributed by atoms with Crippen LogP contribution in [-0.2, 0) is 4.79 Å². The third kappa shape index (κ3) is 6.26. The van der Waals surface area contributed by atoms with Crippen molar-refractivity contribution in [3.63, 3.8) is 0 Å². The number of rotatable bonds is 5. The summed E-state index contributed by atoms with van der Waals surface area (Å²) in [7, 11) is 0. The van der Waals surface area contributed by atoms with Gasteiger partial charge >= 0.3 is 0 Å². The number of piperidine rings is 1. The van der Waals surface area contributed by atoms with Gasteiger partial charge in [0.25, 0.3) is 5.91 Å². The molecule has 2 heterocycles. The summed E-state index contributed by atoms with van der Waals surface area (Å²) >= 11 is 0. The number of pyridine rings is 1. The fourth-order valence-corrected chi connectivity index (χ4v) is 4.46. The van der Waals surface area contributed by atoms with Gasteiger partial charge in [-0.2, -0.15) is 0 Å². The third-order valence-electron chi connectivity index (χ3n) is 6.21. The smallest absolute Gasteiger partial charge is 0.253 e. The van der Waals surface area contributed by atoms with Crippen LogP contribution in [0.2, 0.25) is 0 Å². The maximum atomic E-state index is 13.4. The number of benzene rings is 1. The van der Waals surface area contributed by atoms with Gasteiger partial charge in [-0.3, -0.25) is 14.6 Å². The number of aromatic nitrogens is 1. The normalized spacial score (nSPS) is 21.3. The highest BCUT2D eigenvalue weighted by molar-refractivity contribution is 5.94. The van der Waals surface area contributed by atoms with E-state index >= 15 is 0 Å². The van der Waals surface area contributed by atoms with Gasteiger partial charge in [-0.05, 0) is 69.5 Å². The van der Waals surface area contributed by atoms with Crippen LogP contribution < -0.4 is 16.0 Å². The molecule has 2 aliphatic rings. The molecule has 2 fully saturated rings. The molecule has 1 aromatic carbocycles. The second-order valence-corrected chi connectivity index (χ2v) is 8.51. The monoisotopic (exact) mass is 460 g/mol. The topological polar surface area (TPSA) is 83.1 Å². The Labute approximate surface area is 194 Å². The van der Waals surface area contributed by atoms with E-state index in [4.69, 9.17) is 0 Å². The zero-order valence-electron chi connectivity index (χ0n) is 18.0. The number of hydrogen-bond donors (Lipinski definition) is 3. The van der Waals surface area contributed by atoms with Crippen LogP contribution >= 0.6 is 12.4 Å². The summed E-state index contributed by atoms with van der Waals surface area (Å²) in [5.41, 5.74) is 1.74. The summed E-state index contributed by atoms with van der Waals surface area (Å²) in [4.78, 5) is 29.7. The van der Waals surface area contributed by atoms with Crippen molar-refractivity contribution in [2.24, 2.45) is 5.92 Å². The van der Waals surface area contributed by atoms with Crippen molar-refractivity contribution in [2.75, 3.05) is 13.1 Å². The van der Waals surface area contributed by atoms with Gasteiger partial charge in [0.15, 0.2) is 0 Å². The SMILES string of the molecule is Cl.O=C(N[C@@H]1CCC[C@H](C(=O)NC2CCNCC2)C1)c1ccc(-c2cccc(F)c2)nc1. The molecule has 2 amide bonds. The Morgan fingerprint density at radius 3 is 2.53 bits per heavy atom. The maximum Gasteiger partial charge on any atom is 0.253 e. The first-order valence-corrected chi connectivity index (χ1v) is 11.1. The molecule has 2 aromatic rings. The fourth-order valence-electron chi connectivity index (χ4n) is 4.46. The predicted molar refractivity (Wildman–Crippen MR) is 124 cm³/mol. The fraction of sp³-hybridized carbons (Fsp3) is 0.458. The molecular formula is C24H30ClFN4O2. The number of carbonyl (C=O) groups is 2. The van der Waals surface area contributed by atoms with Crippen molar-refractivity contribution in [1.29, 1.82) is 0 Å². The van der Waals surface area contributed by atoms with E-state index in [2.05, 4.69) is 20.9 Å². The van der Waals surface area contributed by atoms with E-state index in [0.29, 0.717) is 23.2 Å². The highest BCUT2D eigenvalue weighted by atomic mass is 35.5. The minimum absolute atomic E-state index is 0. The molecule has 4 rings (SSSR count). The lowest BCUT2D eigenvalue weighted by atomic mass is 9.84. The number of carbonyl (C=O) groups excluding carboxylic acids is 2. The van der Waals surface area contributed by atoms with Crippen molar-refractivity contribution in [2.45, 2.75) is 50.6 Å². The first-order chi connectivity index (χ1) is 15.1. The van der Waals surface area contributed by atoms with Gasteiger partial charge in [0.2, 0.25) is 5.91 Å². The third-order valence-corrected chi connectivity index (χ3v) is 6.21. The van der Waals surface area contributed by atoms with Gasteiger partial charge in [-0.25, -0.2) is 4.39 Å². The molecule has 172 valence electrons. The number of nitrogens with zero attached hydrogens (tertiary/aromatic N) is 1. The lowest BCUT2D eigenvalue weighted by Gasteiger charge is -2.31. The molecule has 1 saturated carbocycles. The lowest BCUT2D eigenvalue weighted by molar-refractivity contribution is -0.127. The Morgan fingerprint density at radius 2 is 1.81 bits per heavy atom. The molecule has 2 atom stereocenters. The molecule has 0 spiro atoms. The van der Waals surface area contributed by atoms with Crippen molar-refractivity contribution < 1.29 is 14.0 Å². The highest BCUT2D eigenvalue weighted by Crippen LogP contribution is 2.25. The standard InChI is InChI=1S/C24H29FN4O2.ClH/c25-19-5-1-3-16(13-19)22-8-7-18(15-27-22)24(31)29-21-6-2-4-17(14-21)23(30)28-20-9-11-26-12-10-20;/h1,3,5,7-8,13,15,17,20-21,26H,2,4,6,9-12,14H2,(H,28,30)(H,29,31);1H/t17-,21+;/m0./s1. The summed E-state index contributed by atoms with van der Waals surface area (Å²) in [5, 5.41) is 9.56. The molecule has 8 heteroatoms. The van der Waals surface area contributed by atoms with Crippen LogP contribution in [0.1, 0.15) is 48.9 Å². The van der Waals surface area contributed by atoms with Crippen LogP contribution in [0.25, 0.3) is 11.3 Å². The van der Waals surface area contributed by atoms with E-state index in [1.165, 1.54) is 18.3 Å². The van der Waals surface area contributed by atoms with Crippen molar-refractivity contribution in [1.82, 2.24) is 20.9 Å². The Morgan fingerprint density at radius 1 is 1.00 bits per heavy atom. The molecule has 32 heavy (non-hydrogen) atoms. The molecule has 6 nitrogen and oxygen atoms in total. The quantitative estimate of drug-likeness (QED) is 0.638. The average Bonchev–Trinajstić information content (AvgIpc) is 2.80. The van der Waals surface area contributed by atoms with Crippen LogP contribution in [0, 0.1) is 11.7 Å². The van der Waals surface area contributed by atoms with Crippen LogP contribution in [0.15, 0.2) is 42.6 Å². The maximum absolute atomic E-state index is 13.4. The van der Waals surface area contributed by atoms with E-state index in [1.54, 1.807) is 24.3 Å². The van der Waals surface area contributed by atoms with E-state index in [-0.39, 0.29) is 48.0 Å². The zero-order valence-corrected chi connectivity index (χ0v) is 18.8. The van der Waals surface area contributed by atoms with Gasteiger partial charge in [0, 0.05) is 29.8 Å². The highest BCUT2D eigenvalue weighted by Gasteiger charge is 2.29. The summed E-state index contributed by atoms with van der Waals surface area (Å²) in [5.74, 6) is -0.450. The van der Waals surface area contributed by atoms with Gasteiger partial charge in [0.05, 0.1) is 11.3 Å². The van der Waals surface area contributed by atoms with Gasteiger partial charge in [-0.1, -0.05) is 18.6 Å². The van der Waals surface area contributed by atoms with Crippen LogP contribution in [0.5, 0.6) is 0 Å². The molecule has 3 N–H and O–H groups in total. The minimum atomic E-state index is -0.322.